The highest BCUT2D eigenvalue weighted by Gasteiger charge is 2.31. The van der Waals surface area contributed by atoms with Gasteiger partial charge in [-0.05, 0) is 43.0 Å². The van der Waals surface area contributed by atoms with Gasteiger partial charge in [0.1, 0.15) is 11.5 Å². The van der Waals surface area contributed by atoms with Crippen molar-refractivity contribution in [1.82, 2.24) is 20.0 Å². The van der Waals surface area contributed by atoms with E-state index in [0.29, 0.717) is 37.3 Å². The predicted molar refractivity (Wildman–Crippen MR) is 142 cm³/mol. The Kier molecular flexibility index (Phi) is 7.49. The van der Waals surface area contributed by atoms with Gasteiger partial charge in [0.05, 0.1) is 17.5 Å². The summed E-state index contributed by atoms with van der Waals surface area (Å²) in [7, 11) is 0. The van der Waals surface area contributed by atoms with Crippen molar-refractivity contribution in [3.05, 3.63) is 96.6 Å². The molecule has 0 radical (unpaired) electrons. The third kappa shape index (κ3) is 5.66. The fourth-order valence-electron chi connectivity index (χ4n) is 4.96. The van der Waals surface area contributed by atoms with Gasteiger partial charge in [-0.3, -0.25) is 9.59 Å². The summed E-state index contributed by atoms with van der Waals surface area (Å²) in [6.07, 6.45) is 5.75. The number of aromatic nitrogens is 2. The van der Waals surface area contributed by atoms with Gasteiger partial charge in [0.25, 0.3) is 5.91 Å². The molecule has 1 N–H and O–H groups in total. The van der Waals surface area contributed by atoms with Crippen LogP contribution in [0.2, 0.25) is 0 Å². The number of para-hydroxylation sites is 1. The van der Waals surface area contributed by atoms with Crippen molar-refractivity contribution < 1.29 is 14.0 Å². The number of furan rings is 1. The van der Waals surface area contributed by atoms with Gasteiger partial charge < -0.3 is 14.6 Å². The Morgan fingerprint density at radius 3 is 2.38 bits per heavy atom. The summed E-state index contributed by atoms with van der Waals surface area (Å²) in [4.78, 5) is 28.3. The predicted octanol–water partition coefficient (Wildman–Crippen LogP) is 4.98. The molecule has 190 valence electrons. The molecule has 2 amide bonds. The van der Waals surface area contributed by atoms with E-state index >= 15 is 0 Å². The van der Waals surface area contributed by atoms with Gasteiger partial charge in [-0.15, -0.1) is 0 Å². The quantitative estimate of drug-likeness (QED) is 0.373. The molecule has 7 nitrogen and oxygen atoms in total. The Hall–Kier alpha value is -4.13. The number of carbonyl (C=O) groups excluding carboxylic acids is 2. The molecule has 2 aromatic heterocycles. The second-order valence-electron chi connectivity index (χ2n) is 9.58. The fraction of sp³-hybridized carbons (Fsp3) is 0.300. The lowest BCUT2D eigenvalue weighted by Gasteiger charge is -2.34. The normalized spacial score (nSPS) is 14.9. The molecule has 1 saturated heterocycles. The third-order valence-electron chi connectivity index (χ3n) is 7.21. The summed E-state index contributed by atoms with van der Waals surface area (Å²) in [5, 5.41) is 7.82. The number of rotatable bonds is 8. The molecule has 4 aromatic rings. The van der Waals surface area contributed by atoms with Crippen molar-refractivity contribution in [3.8, 4) is 16.9 Å². The number of piperidine rings is 1. The molecular formula is C30H32N4O3. The van der Waals surface area contributed by atoms with Gasteiger partial charge in [-0.25, -0.2) is 4.68 Å². The summed E-state index contributed by atoms with van der Waals surface area (Å²) in [5.41, 5.74) is 3.10. The number of benzene rings is 2. The van der Waals surface area contributed by atoms with Crippen LogP contribution in [0.15, 0.2) is 89.7 Å². The zero-order chi connectivity index (χ0) is 25.6. The Labute approximate surface area is 217 Å². The first-order chi connectivity index (χ1) is 18.1. The molecule has 0 unspecified atom stereocenters. The number of likely N-dealkylation sites (tertiary alicyclic amines) is 1. The van der Waals surface area contributed by atoms with Crippen LogP contribution in [0.3, 0.4) is 0 Å². The van der Waals surface area contributed by atoms with E-state index in [0.717, 1.165) is 29.9 Å². The van der Waals surface area contributed by atoms with Gasteiger partial charge in [0, 0.05) is 43.7 Å². The molecule has 5 rings (SSSR count). The highest BCUT2D eigenvalue weighted by Crippen LogP contribution is 2.29. The first-order valence-electron chi connectivity index (χ1n) is 12.9. The molecule has 0 bridgehead atoms. The minimum Gasteiger partial charge on any atom is -0.469 e. The number of hydrogen-bond donors (Lipinski definition) is 1. The Morgan fingerprint density at radius 1 is 1.00 bits per heavy atom. The van der Waals surface area contributed by atoms with Gasteiger partial charge >= 0.3 is 0 Å². The second-order valence-corrected chi connectivity index (χ2v) is 9.58. The van der Waals surface area contributed by atoms with E-state index in [4.69, 9.17) is 9.52 Å². The lowest BCUT2D eigenvalue weighted by atomic mass is 9.84. The van der Waals surface area contributed by atoms with Crippen LogP contribution in [0.25, 0.3) is 16.9 Å². The van der Waals surface area contributed by atoms with Crippen molar-refractivity contribution in [1.29, 1.82) is 0 Å². The van der Waals surface area contributed by atoms with Gasteiger partial charge in [0.15, 0.2) is 0 Å². The average Bonchev–Trinajstić information content (AvgIpc) is 3.64. The topological polar surface area (TPSA) is 80.4 Å². The van der Waals surface area contributed by atoms with E-state index in [1.165, 1.54) is 0 Å². The number of nitrogens with one attached hydrogen (secondary N) is 1. The lowest BCUT2D eigenvalue weighted by Crippen LogP contribution is -2.43. The minimum absolute atomic E-state index is 0.0185. The molecule has 0 spiro atoms. The molecule has 2 aromatic carbocycles. The van der Waals surface area contributed by atoms with Crippen LogP contribution in [0, 0.1) is 11.8 Å². The van der Waals surface area contributed by atoms with E-state index in [2.05, 4.69) is 5.32 Å². The molecule has 1 aliphatic rings. The van der Waals surface area contributed by atoms with Crippen molar-refractivity contribution in [2.45, 2.75) is 26.2 Å². The zero-order valence-electron chi connectivity index (χ0n) is 21.0. The van der Waals surface area contributed by atoms with Gasteiger partial charge in [-0.2, -0.15) is 5.10 Å². The molecule has 1 atom stereocenters. The van der Waals surface area contributed by atoms with Crippen LogP contribution in [-0.2, 0) is 11.2 Å². The van der Waals surface area contributed by atoms with Crippen LogP contribution < -0.4 is 5.32 Å². The maximum atomic E-state index is 13.7. The van der Waals surface area contributed by atoms with Crippen LogP contribution in [0.5, 0.6) is 0 Å². The van der Waals surface area contributed by atoms with Crippen LogP contribution >= 0.6 is 0 Å². The van der Waals surface area contributed by atoms with E-state index in [-0.39, 0.29) is 23.7 Å². The maximum absolute atomic E-state index is 13.7. The molecule has 0 aliphatic carbocycles. The molecule has 7 heteroatoms. The maximum Gasteiger partial charge on any atom is 0.257 e. The van der Waals surface area contributed by atoms with E-state index in [1.807, 2.05) is 90.8 Å². The Balaban J connectivity index is 1.24. The molecule has 1 aliphatic heterocycles. The van der Waals surface area contributed by atoms with Crippen LogP contribution in [0.4, 0.5) is 0 Å². The molecule has 3 heterocycles. The highest BCUT2D eigenvalue weighted by atomic mass is 16.3. The van der Waals surface area contributed by atoms with Crippen molar-refractivity contribution in [2.75, 3.05) is 19.6 Å². The van der Waals surface area contributed by atoms with E-state index < -0.39 is 0 Å². The summed E-state index contributed by atoms with van der Waals surface area (Å²) in [6, 6.07) is 23.4. The smallest absolute Gasteiger partial charge is 0.257 e. The van der Waals surface area contributed by atoms with Crippen molar-refractivity contribution in [2.24, 2.45) is 11.8 Å². The third-order valence-corrected chi connectivity index (χ3v) is 7.21. The van der Waals surface area contributed by atoms with Crippen LogP contribution in [0.1, 0.15) is 35.9 Å². The first-order valence-corrected chi connectivity index (χ1v) is 12.9. The molecule has 0 saturated carbocycles. The Bertz CT molecular complexity index is 1310. The summed E-state index contributed by atoms with van der Waals surface area (Å²) in [5.74, 6) is 1.05. The minimum atomic E-state index is -0.102. The zero-order valence-corrected chi connectivity index (χ0v) is 21.0. The van der Waals surface area contributed by atoms with Crippen LogP contribution in [-0.4, -0.2) is 46.1 Å². The number of nitrogens with zero attached hydrogens (tertiary/aromatic N) is 3. The summed E-state index contributed by atoms with van der Waals surface area (Å²) < 4.78 is 7.11. The highest BCUT2D eigenvalue weighted by molar-refractivity contribution is 6.00. The van der Waals surface area contributed by atoms with Gasteiger partial charge in [0.2, 0.25) is 5.91 Å². The largest absolute Gasteiger partial charge is 0.469 e. The van der Waals surface area contributed by atoms with E-state index in [1.54, 1.807) is 10.9 Å². The van der Waals surface area contributed by atoms with Crippen molar-refractivity contribution in [3.63, 3.8) is 0 Å². The Morgan fingerprint density at radius 2 is 1.70 bits per heavy atom. The molecular weight excluding hydrogens is 464 g/mol. The number of carbonyl (C=O) groups is 2. The lowest BCUT2D eigenvalue weighted by molar-refractivity contribution is -0.126. The molecule has 1 fully saturated rings. The SMILES string of the molecule is C[C@@H](C(=O)NCCc1ccco1)C1CCN(C(=O)c2cn(-c3ccccc3)nc2-c2ccccc2)CC1. The summed E-state index contributed by atoms with van der Waals surface area (Å²) in [6.45, 7) is 3.79. The monoisotopic (exact) mass is 496 g/mol. The fourth-order valence-corrected chi connectivity index (χ4v) is 4.96. The van der Waals surface area contributed by atoms with E-state index in [9.17, 15) is 9.59 Å². The number of hydrogen-bond acceptors (Lipinski definition) is 4. The van der Waals surface area contributed by atoms with Gasteiger partial charge in [-0.1, -0.05) is 55.5 Å². The standard InChI is InChI=1S/C30H32N4O3/c1-22(29(35)31-17-14-26-13-8-20-37-26)23-15-18-33(19-16-23)30(36)27-21-34(25-11-6-3-7-12-25)32-28(27)24-9-4-2-5-10-24/h2-13,20-23H,14-19H2,1H3,(H,31,35)/t22-/m1/s1. The molecule has 37 heavy (non-hydrogen) atoms. The second kappa shape index (κ2) is 11.3. The number of amides is 2. The van der Waals surface area contributed by atoms with Crippen molar-refractivity contribution >= 4 is 11.8 Å². The first kappa shape index (κ1) is 24.6. The average molecular weight is 497 g/mol. The summed E-state index contributed by atoms with van der Waals surface area (Å²) >= 11 is 0.